The number of fused-ring (bicyclic) bond motifs is 3. The highest BCUT2D eigenvalue weighted by atomic mass is 15.3. The second kappa shape index (κ2) is 7.06. The molecule has 0 aliphatic carbocycles. The van der Waals surface area contributed by atoms with Gasteiger partial charge in [0.1, 0.15) is 0 Å². The Morgan fingerprint density at radius 3 is 2.00 bits per heavy atom. The molecule has 0 spiro atoms. The van der Waals surface area contributed by atoms with E-state index in [9.17, 15) is 0 Å². The number of nitrogens with zero attached hydrogens (tertiary/aromatic N) is 5. The van der Waals surface area contributed by atoms with E-state index in [2.05, 4.69) is 75.5 Å². The molecule has 31 heavy (non-hydrogen) atoms. The molecule has 4 aromatic heterocycles. The first-order valence-corrected chi connectivity index (χ1v) is 10.5. The van der Waals surface area contributed by atoms with E-state index in [-0.39, 0.29) is 5.41 Å². The van der Waals surface area contributed by atoms with E-state index in [1.807, 2.05) is 47.7 Å². The lowest BCUT2D eigenvalue weighted by atomic mass is 9.71. The van der Waals surface area contributed by atoms with Crippen LogP contribution in [-0.2, 0) is 18.3 Å². The van der Waals surface area contributed by atoms with Crippen LogP contribution in [-0.4, -0.2) is 24.3 Å². The summed E-state index contributed by atoms with van der Waals surface area (Å²) >= 11 is 0. The first-order valence-electron chi connectivity index (χ1n) is 10.5. The molecule has 0 fully saturated rings. The zero-order valence-electron chi connectivity index (χ0n) is 17.0. The number of hydrogen-bond acceptors (Lipinski definition) is 3. The van der Waals surface area contributed by atoms with Crippen LogP contribution in [0.15, 0.2) is 104 Å². The molecule has 1 aliphatic heterocycles. The number of aromatic nitrogens is 5. The van der Waals surface area contributed by atoms with Gasteiger partial charge in [0.15, 0.2) is 5.82 Å². The van der Waals surface area contributed by atoms with Gasteiger partial charge in [0, 0.05) is 53.9 Å². The molecule has 5 nitrogen and oxygen atoms in total. The Labute approximate surface area is 180 Å². The zero-order chi connectivity index (χ0) is 20.7. The molecule has 150 valence electrons. The third kappa shape index (κ3) is 2.89. The third-order valence-corrected chi connectivity index (χ3v) is 6.21. The van der Waals surface area contributed by atoms with E-state index in [4.69, 9.17) is 5.10 Å². The molecular weight excluding hydrogens is 382 g/mol. The summed E-state index contributed by atoms with van der Waals surface area (Å²) in [5.74, 6) is 1.01. The first kappa shape index (κ1) is 17.8. The van der Waals surface area contributed by atoms with E-state index >= 15 is 0 Å². The number of hydrogen-bond donors (Lipinski definition) is 0. The van der Waals surface area contributed by atoms with E-state index in [1.54, 1.807) is 0 Å². The van der Waals surface area contributed by atoms with Crippen LogP contribution in [0.2, 0.25) is 0 Å². The summed E-state index contributed by atoms with van der Waals surface area (Å²) in [6.07, 6.45) is 13.6. The molecule has 5 heterocycles. The van der Waals surface area contributed by atoms with Crippen LogP contribution >= 0.6 is 0 Å². The summed E-state index contributed by atoms with van der Waals surface area (Å²) in [5, 5.41) is 5.01. The summed E-state index contributed by atoms with van der Waals surface area (Å²) in [6.45, 7) is 0. The highest BCUT2D eigenvalue weighted by Gasteiger charge is 2.46. The van der Waals surface area contributed by atoms with Crippen LogP contribution in [0, 0.1) is 0 Å². The number of pyridine rings is 2. The maximum Gasteiger partial charge on any atom is 0.163 e. The summed E-state index contributed by atoms with van der Waals surface area (Å²) in [6, 6.07) is 23.1. The summed E-state index contributed by atoms with van der Waals surface area (Å²) in [5.41, 5.74) is 5.88. The lowest BCUT2D eigenvalue weighted by Gasteiger charge is -2.30. The van der Waals surface area contributed by atoms with E-state index in [0.29, 0.717) is 0 Å². The summed E-state index contributed by atoms with van der Waals surface area (Å²) in [4.78, 5) is 8.44. The molecule has 0 amide bonds. The minimum absolute atomic E-state index is 0.228. The number of rotatable bonds is 5. The number of para-hydroxylation sites is 1. The minimum atomic E-state index is -0.228. The normalized spacial score (nSPS) is 13.7. The van der Waals surface area contributed by atoms with Crippen molar-refractivity contribution in [2.45, 2.75) is 18.3 Å². The van der Waals surface area contributed by atoms with E-state index in [0.717, 1.165) is 24.3 Å². The maximum atomic E-state index is 5.01. The second-order valence-electron chi connectivity index (χ2n) is 8.06. The largest absolute Gasteiger partial charge is 0.303 e. The van der Waals surface area contributed by atoms with Crippen LogP contribution in [0.4, 0.5) is 0 Å². The monoisotopic (exact) mass is 403 g/mol. The Hall–Kier alpha value is -3.99. The van der Waals surface area contributed by atoms with Gasteiger partial charge in [-0.3, -0.25) is 9.97 Å². The average molecular weight is 403 g/mol. The van der Waals surface area contributed by atoms with Crippen molar-refractivity contribution in [3.05, 3.63) is 126 Å². The van der Waals surface area contributed by atoms with Crippen LogP contribution in [0.5, 0.6) is 0 Å². The first-order chi connectivity index (χ1) is 15.3. The Kier molecular flexibility index (Phi) is 4.06. The van der Waals surface area contributed by atoms with Crippen LogP contribution in [0.3, 0.4) is 0 Å². The van der Waals surface area contributed by atoms with Crippen LogP contribution in [0.1, 0.15) is 22.4 Å². The zero-order valence-corrected chi connectivity index (χ0v) is 17.0. The van der Waals surface area contributed by atoms with Crippen molar-refractivity contribution in [1.29, 1.82) is 0 Å². The molecular formula is C26H21N5. The molecule has 0 bridgehead atoms. The van der Waals surface area contributed by atoms with Crippen LogP contribution in [0.25, 0.3) is 11.5 Å². The molecule has 0 radical (unpaired) electrons. The second-order valence-corrected chi connectivity index (χ2v) is 8.06. The molecule has 0 atom stereocenters. The molecule has 1 aromatic carbocycles. The van der Waals surface area contributed by atoms with Gasteiger partial charge in [-0.1, -0.05) is 18.2 Å². The van der Waals surface area contributed by atoms with Crippen LogP contribution < -0.4 is 0 Å². The standard InChI is InChI=1S/C26H21N5/c1-2-5-22(6-3-1)31-19-23-25(29-31)30-16-4-7-24(30)26(23,17-20-8-12-27-13-9-20)18-21-10-14-28-15-11-21/h1-16,19H,17-18H2. The van der Waals surface area contributed by atoms with Gasteiger partial charge in [-0.2, -0.15) is 0 Å². The van der Waals surface area contributed by atoms with Gasteiger partial charge in [0.2, 0.25) is 0 Å². The minimum Gasteiger partial charge on any atom is -0.303 e. The van der Waals surface area contributed by atoms with Gasteiger partial charge in [0.05, 0.1) is 5.69 Å². The molecule has 1 aliphatic rings. The fourth-order valence-corrected chi connectivity index (χ4v) is 4.82. The van der Waals surface area contributed by atoms with Crippen molar-refractivity contribution in [3.8, 4) is 11.5 Å². The lowest BCUT2D eigenvalue weighted by molar-refractivity contribution is 0.506. The van der Waals surface area contributed by atoms with Crippen molar-refractivity contribution >= 4 is 0 Å². The average Bonchev–Trinajstić information content (AvgIpc) is 3.52. The SMILES string of the molecule is c1ccc(-n2cc3c(n2)-n2cccc2C3(Cc2ccncc2)Cc2ccncc2)cc1. The van der Waals surface area contributed by atoms with Crippen molar-refractivity contribution in [1.82, 2.24) is 24.3 Å². The Morgan fingerprint density at radius 2 is 1.35 bits per heavy atom. The Morgan fingerprint density at radius 1 is 0.710 bits per heavy atom. The van der Waals surface area contributed by atoms with Crippen molar-refractivity contribution < 1.29 is 0 Å². The number of benzene rings is 1. The quantitative estimate of drug-likeness (QED) is 0.433. The molecule has 0 saturated carbocycles. The Balaban J connectivity index is 1.56. The van der Waals surface area contributed by atoms with Gasteiger partial charge >= 0.3 is 0 Å². The van der Waals surface area contributed by atoms with Crippen molar-refractivity contribution in [3.63, 3.8) is 0 Å². The predicted molar refractivity (Wildman–Crippen MR) is 120 cm³/mol. The summed E-state index contributed by atoms with van der Waals surface area (Å²) in [7, 11) is 0. The Bertz CT molecular complexity index is 1280. The predicted octanol–water partition coefficient (Wildman–Crippen LogP) is 4.54. The third-order valence-electron chi connectivity index (χ3n) is 6.21. The van der Waals surface area contributed by atoms with Crippen molar-refractivity contribution in [2.75, 3.05) is 0 Å². The van der Waals surface area contributed by atoms with Gasteiger partial charge in [-0.05, 0) is 72.5 Å². The van der Waals surface area contributed by atoms with Gasteiger partial charge < -0.3 is 4.57 Å². The van der Waals surface area contributed by atoms with Gasteiger partial charge in [-0.15, -0.1) is 5.10 Å². The fraction of sp³-hybridized carbons (Fsp3) is 0.115. The van der Waals surface area contributed by atoms with Gasteiger partial charge in [-0.25, -0.2) is 4.68 Å². The molecule has 0 N–H and O–H groups in total. The highest BCUT2D eigenvalue weighted by Crippen LogP contribution is 2.47. The molecule has 5 aromatic rings. The lowest BCUT2D eigenvalue weighted by Crippen LogP contribution is -2.31. The molecule has 0 saturated heterocycles. The molecule has 6 rings (SSSR count). The molecule has 5 heteroatoms. The summed E-state index contributed by atoms with van der Waals surface area (Å²) < 4.78 is 4.25. The fourth-order valence-electron chi connectivity index (χ4n) is 4.82. The van der Waals surface area contributed by atoms with E-state index in [1.165, 1.54) is 22.4 Å². The molecule has 0 unspecified atom stereocenters. The van der Waals surface area contributed by atoms with Crippen molar-refractivity contribution in [2.24, 2.45) is 0 Å². The highest BCUT2D eigenvalue weighted by molar-refractivity contribution is 5.57. The maximum absolute atomic E-state index is 5.01. The topological polar surface area (TPSA) is 48.5 Å². The van der Waals surface area contributed by atoms with E-state index < -0.39 is 0 Å². The van der Waals surface area contributed by atoms with Gasteiger partial charge in [0.25, 0.3) is 0 Å². The smallest absolute Gasteiger partial charge is 0.163 e.